The second-order valence-electron chi connectivity index (χ2n) is 11.1. The van der Waals surface area contributed by atoms with Crippen LogP contribution in [-0.2, 0) is 0 Å². The zero-order valence-electron chi connectivity index (χ0n) is 31.5. The van der Waals surface area contributed by atoms with Crippen molar-refractivity contribution in [2.45, 2.75) is 0 Å². The van der Waals surface area contributed by atoms with Crippen molar-refractivity contribution in [3.63, 3.8) is 0 Å². The third-order valence-electron chi connectivity index (χ3n) is 8.41. The second kappa shape index (κ2) is 16.8. The fourth-order valence-electron chi connectivity index (χ4n) is 5.79. The molecule has 0 bridgehead atoms. The largest absolute Gasteiger partial charge is 0.497 e. The summed E-state index contributed by atoms with van der Waals surface area (Å²) in [6, 6.07) is 16.9. The van der Waals surface area contributed by atoms with Gasteiger partial charge >= 0.3 is 0 Å². The number of hydrogen-bond acceptors (Lipinski definition) is 14. The number of rotatable bonds is 12. The molecule has 0 aliphatic rings. The first-order chi connectivity index (χ1) is 26.2. The van der Waals surface area contributed by atoms with Crippen molar-refractivity contribution in [3.8, 4) is 80.1 Å². The van der Waals surface area contributed by atoms with Gasteiger partial charge in [-0.25, -0.2) is 0 Å². The fourth-order valence-corrected chi connectivity index (χ4v) is 5.79. The predicted octanol–water partition coefficient (Wildman–Crippen LogP) is 7.01. The van der Waals surface area contributed by atoms with Gasteiger partial charge in [0.1, 0.15) is 33.8 Å². The van der Waals surface area contributed by atoms with Gasteiger partial charge in [0.2, 0.25) is 22.7 Å². The number of benzene rings is 4. The lowest BCUT2D eigenvalue weighted by Gasteiger charge is -2.16. The molecular formula is C40H40O14. The first kappa shape index (κ1) is 38.5. The summed E-state index contributed by atoms with van der Waals surface area (Å²) >= 11 is 0. The SMILES string of the molecule is COc1ccc(-c2cc(=O)c3c(OC)cc(OC)c(OC)c3o2)cc1.COc1ccc(-c2oc3c(OC)c(OC)cc(OC)c3c(=O)c2OC)cc1OC. The van der Waals surface area contributed by atoms with Crippen molar-refractivity contribution in [1.29, 1.82) is 0 Å². The summed E-state index contributed by atoms with van der Waals surface area (Å²) in [5.41, 5.74) is 1.11. The molecule has 2 aromatic heterocycles. The maximum atomic E-state index is 13.3. The molecule has 6 aromatic rings. The van der Waals surface area contributed by atoms with Gasteiger partial charge < -0.3 is 56.2 Å². The van der Waals surface area contributed by atoms with Crippen LogP contribution >= 0.6 is 0 Å². The van der Waals surface area contributed by atoms with Gasteiger partial charge in [0.05, 0.1) is 71.1 Å². The molecule has 14 heteroatoms. The van der Waals surface area contributed by atoms with Crippen molar-refractivity contribution in [1.82, 2.24) is 0 Å². The van der Waals surface area contributed by atoms with Gasteiger partial charge in [-0.2, -0.15) is 0 Å². The second-order valence-corrected chi connectivity index (χ2v) is 11.1. The molecule has 0 fully saturated rings. The molecule has 0 saturated carbocycles. The molecule has 0 aliphatic carbocycles. The highest BCUT2D eigenvalue weighted by Gasteiger charge is 2.26. The lowest BCUT2D eigenvalue weighted by molar-refractivity contribution is 0.346. The highest BCUT2D eigenvalue weighted by atomic mass is 16.5. The van der Waals surface area contributed by atoms with Crippen LogP contribution in [0.4, 0.5) is 0 Å². The summed E-state index contributed by atoms with van der Waals surface area (Å²) in [6.07, 6.45) is 0. The van der Waals surface area contributed by atoms with E-state index in [9.17, 15) is 9.59 Å². The monoisotopic (exact) mass is 744 g/mol. The smallest absolute Gasteiger partial charge is 0.239 e. The van der Waals surface area contributed by atoms with Crippen LogP contribution in [0.1, 0.15) is 0 Å². The summed E-state index contributed by atoms with van der Waals surface area (Å²) in [5, 5.41) is 0.489. The van der Waals surface area contributed by atoms with Crippen molar-refractivity contribution in [2.75, 3.05) is 71.1 Å². The molecule has 54 heavy (non-hydrogen) atoms. The van der Waals surface area contributed by atoms with E-state index < -0.39 is 5.43 Å². The van der Waals surface area contributed by atoms with E-state index in [1.165, 1.54) is 70.1 Å². The molecular weight excluding hydrogens is 704 g/mol. The molecule has 0 amide bonds. The molecule has 0 aliphatic heterocycles. The Kier molecular flexibility index (Phi) is 12.0. The third kappa shape index (κ3) is 7.05. The molecule has 4 aromatic carbocycles. The molecule has 284 valence electrons. The zero-order chi connectivity index (χ0) is 39.1. The minimum Gasteiger partial charge on any atom is -0.497 e. The maximum absolute atomic E-state index is 13.3. The fraction of sp³-hybridized carbons (Fsp3) is 0.250. The van der Waals surface area contributed by atoms with Crippen LogP contribution in [-0.4, -0.2) is 71.1 Å². The Balaban J connectivity index is 0.000000210. The van der Waals surface area contributed by atoms with Crippen LogP contribution in [0.5, 0.6) is 57.5 Å². The molecule has 0 N–H and O–H groups in total. The first-order valence-electron chi connectivity index (χ1n) is 16.1. The lowest BCUT2D eigenvalue weighted by atomic mass is 10.1. The molecule has 14 nitrogen and oxygen atoms in total. The molecule has 0 saturated heterocycles. The molecule has 2 heterocycles. The quantitative estimate of drug-likeness (QED) is 0.126. The van der Waals surface area contributed by atoms with E-state index in [1.807, 2.05) is 12.1 Å². The van der Waals surface area contributed by atoms with Crippen LogP contribution in [0, 0.1) is 0 Å². The van der Waals surface area contributed by atoms with E-state index >= 15 is 0 Å². The Morgan fingerprint density at radius 2 is 0.907 bits per heavy atom. The average molecular weight is 745 g/mol. The van der Waals surface area contributed by atoms with Crippen molar-refractivity contribution in [2.24, 2.45) is 0 Å². The summed E-state index contributed by atoms with van der Waals surface area (Å²) in [6.45, 7) is 0. The molecule has 0 radical (unpaired) electrons. The van der Waals surface area contributed by atoms with Gasteiger partial charge in [0.15, 0.2) is 45.4 Å². The van der Waals surface area contributed by atoms with Gasteiger partial charge in [-0.15, -0.1) is 0 Å². The average Bonchev–Trinajstić information content (AvgIpc) is 3.21. The topological polar surface area (TPSA) is 153 Å². The van der Waals surface area contributed by atoms with Crippen LogP contribution in [0.25, 0.3) is 44.6 Å². The Hall–Kier alpha value is -6.70. The van der Waals surface area contributed by atoms with Gasteiger partial charge in [0, 0.05) is 29.3 Å². The summed E-state index contributed by atoms with van der Waals surface area (Å²) < 4.78 is 65.5. The third-order valence-corrected chi connectivity index (χ3v) is 8.41. The van der Waals surface area contributed by atoms with Gasteiger partial charge in [-0.05, 0) is 42.5 Å². The Labute approximate surface area is 310 Å². The number of methoxy groups -OCH3 is 10. The van der Waals surface area contributed by atoms with E-state index in [2.05, 4.69) is 0 Å². The van der Waals surface area contributed by atoms with Crippen molar-refractivity contribution in [3.05, 3.63) is 81.1 Å². The van der Waals surface area contributed by atoms with E-state index in [0.717, 1.165) is 5.56 Å². The van der Waals surface area contributed by atoms with Crippen LogP contribution in [0.3, 0.4) is 0 Å². The normalized spacial score (nSPS) is 10.6. The number of ether oxygens (including phenoxy) is 10. The number of hydrogen-bond donors (Lipinski definition) is 0. The van der Waals surface area contributed by atoms with E-state index in [0.29, 0.717) is 57.0 Å². The predicted molar refractivity (Wildman–Crippen MR) is 201 cm³/mol. The lowest BCUT2D eigenvalue weighted by Crippen LogP contribution is -2.10. The minimum absolute atomic E-state index is 0.0234. The molecule has 0 spiro atoms. The van der Waals surface area contributed by atoms with Gasteiger partial charge in [-0.1, -0.05) is 0 Å². The van der Waals surface area contributed by atoms with Crippen LogP contribution < -0.4 is 58.2 Å². The Bertz CT molecular complexity index is 2390. The summed E-state index contributed by atoms with van der Waals surface area (Å²) in [5.74, 6) is 4.41. The maximum Gasteiger partial charge on any atom is 0.239 e. The zero-order valence-corrected chi connectivity index (χ0v) is 31.5. The van der Waals surface area contributed by atoms with Crippen LogP contribution in [0.2, 0.25) is 0 Å². The molecule has 6 rings (SSSR count). The standard InChI is InChI=1S/C21H22O8.C19H18O6/c1-23-12-8-7-11(9-13(12)24-2)18-21(28-6)17(22)16-14(25-3)10-15(26-4)19(27-5)20(16)29-18;1-21-12-7-5-11(6-8-12)14-9-13(20)17-15(22-2)10-16(23-3)18(24-4)19(17)25-14/h7-10H,1-6H3;5-10H,1-4H3. The Morgan fingerprint density at radius 1 is 0.407 bits per heavy atom. The first-order valence-corrected chi connectivity index (χ1v) is 16.1. The minimum atomic E-state index is -0.406. The van der Waals surface area contributed by atoms with E-state index in [-0.39, 0.29) is 45.0 Å². The highest BCUT2D eigenvalue weighted by molar-refractivity contribution is 5.94. The summed E-state index contributed by atoms with van der Waals surface area (Å²) in [7, 11) is 14.9. The number of fused-ring (bicyclic) bond motifs is 2. The van der Waals surface area contributed by atoms with E-state index in [4.69, 9.17) is 56.2 Å². The van der Waals surface area contributed by atoms with E-state index in [1.54, 1.807) is 49.6 Å². The molecule has 0 atom stereocenters. The van der Waals surface area contributed by atoms with Crippen LogP contribution in [0.15, 0.2) is 79.1 Å². The van der Waals surface area contributed by atoms with Crippen molar-refractivity contribution >= 4 is 21.9 Å². The van der Waals surface area contributed by atoms with Gasteiger partial charge in [0.25, 0.3) is 0 Å². The Morgan fingerprint density at radius 3 is 1.41 bits per heavy atom. The van der Waals surface area contributed by atoms with Gasteiger partial charge in [-0.3, -0.25) is 9.59 Å². The molecule has 0 unspecified atom stereocenters. The summed E-state index contributed by atoms with van der Waals surface area (Å²) in [4.78, 5) is 25.9. The van der Waals surface area contributed by atoms with Crippen molar-refractivity contribution < 1.29 is 56.2 Å². The highest BCUT2D eigenvalue weighted by Crippen LogP contribution is 2.45.